The summed E-state index contributed by atoms with van der Waals surface area (Å²) in [5.41, 5.74) is 2.16. The lowest BCUT2D eigenvalue weighted by atomic mass is 10.2. The van der Waals surface area contributed by atoms with Gasteiger partial charge in [0, 0.05) is 24.7 Å². The largest absolute Gasteiger partial charge is 0.389 e. The number of benzene rings is 1. The van der Waals surface area contributed by atoms with Crippen molar-refractivity contribution in [3.05, 3.63) is 36.0 Å². The van der Waals surface area contributed by atoms with Gasteiger partial charge in [0.2, 0.25) is 0 Å². The van der Waals surface area contributed by atoms with Crippen LogP contribution in [-0.2, 0) is 6.54 Å². The van der Waals surface area contributed by atoms with Gasteiger partial charge in [0.1, 0.15) is 0 Å². The third-order valence-corrected chi connectivity index (χ3v) is 2.79. The van der Waals surface area contributed by atoms with Crippen LogP contribution in [0.25, 0.3) is 10.9 Å². The second-order valence-corrected chi connectivity index (χ2v) is 4.29. The molecule has 1 nitrogen and oxygen atoms in total. The maximum atomic E-state index is 12.0. The van der Waals surface area contributed by atoms with Crippen LogP contribution in [0, 0.1) is 6.92 Å². The van der Waals surface area contributed by atoms with Crippen LogP contribution < -0.4 is 0 Å². The number of halogens is 3. The molecule has 17 heavy (non-hydrogen) atoms. The molecule has 0 aliphatic carbocycles. The van der Waals surface area contributed by atoms with Crippen molar-refractivity contribution in [1.29, 1.82) is 0 Å². The van der Waals surface area contributed by atoms with Crippen LogP contribution in [-0.4, -0.2) is 10.7 Å². The number of hydrogen-bond acceptors (Lipinski definition) is 0. The number of aromatic nitrogens is 1. The second kappa shape index (κ2) is 4.43. The van der Waals surface area contributed by atoms with E-state index >= 15 is 0 Å². The van der Waals surface area contributed by atoms with E-state index in [1.165, 1.54) is 0 Å². The van der Waals surface area contributed by atoms with Crippen molar-refractivity contribution in [2.45, 2.75) is 32.5 Å². The van der Waals surface area contributed by atoms with E-state index in [1.54, 1.807) is 0 Å². The molecule has 2 aromatic rings. The fraction of sp³-hybridized carbons (Fsp3) is 0.385. The average Bonchev–Trinajstić information content (AvgIpc) is 2.59. The minimum Gasteiger partial charge on any atom is -0.347 e. The lowest BCUT2D eigenvalue weighted by Gasteiger charge is -2.08. The Kier molecular flexibility index (Phi) is 3.13. The van der Waals surface area contributed by atoms with E-state index in [2.05, 4.69) is 0 Å². The van der Waals surface area contributed by atoms with Crippen molar-refractivity contribution in [2.75, 3.05) is 0 Å². The van der Waals surface area contributed by atoms with Crippen molar-refractivity contribution < 1.29 is 13.2 Å². The summed E-state index contributed by atoms with van der Waals surface area (Å²) in [6.07, 6.45) is -2.81. The molecule has 0 atom stereocenters. The molecule has 0 N–H and O–H groups in total. The van der Waals surface area contributed by atoms with Crippen LogP contribution in [0.4, 0.5) is 13.2 Å². The van der Waals surface area contributed by atoms with Crippen LogP contribution in [0.15, 0.2) is 30.5 Å². The number of alkyl halides is 3. The van der Waals surface area contributed by atoms with Gasteiger partial charge in [0.25, 0.3) is 0 Å². The van der Waals surface area contributed by atoms with Crippen molar-refractivity contribution in [2.24, 2.45) is 0 Å². The van der Waals surface area contributed by atoms with Crippen LogP contribution in [0.2, 0.25) is 0 Å². The minimum atomic E-state index is -4.06. The highest BCUT2D eigenvalue weighted by molar-refractivity contribution is 5.80. The molecule has 92 valence electrons. The lowest BCUT2D eigenvalue weighted by molar-refractivity contribution is -0.135. The van der Waals surface area contributed by atoms with Gasteiger partial charge in [-0.1, -0.05) is 11.6 Å². The van der Waals surface area contributed by atoms with Crippen molar-refractivity contribution in [1.82, 2.24) is 4.57 Å². The van der Waals surface area contributed by atoms with Gasteiger partial charge < -0.3 is 4.57 Å². The minimum absolute atomic E-state index is 0.126. The Hall–Kier alpha value is -1.45. The number of aryl methyl sites for hydroxylation is 2. The molecule has 0 amide bonds. The molecular weight excluding hydrogens is 227 g/mol. The van der Waals surface area contributed by atoms with Crippen molar-refractivity contribution >= 4 is 10.9 Å². The zero-order valence-electron chi connectivity index (χ0n) is 9.59. The quantitative estimate of drug-likeness (QED) is 0.755. The summed E-state index contributed by atoms with van der Waals surface area (Å²) in [5, 5.41) is 1.08. The summed E-state index contributed by atoms with van der Waals surface area (Å²) in [7, 11) is 0. The summed E-state index contributed by atoms with van der Waals surface area (Å²) in [4.78, 5) is 0. The summed E-state index contributed by atoms with van der Waals surface area (Å²) >= 11 is 0. The number of nitrogens with zero attached hydrogens (tertiary/aromatic N) is 1. The Morgan fingerprint density at radius 1 is 1.18 bits per heavy atom. The first-order chi connectivity index (χ1) is 7.96. The predicted octanol–water partition coefficient (Wildman–Crippen LogP) is 4.29. The molecule has 2 rings (SSSR count). The van der Waals surface area contributed by atoms with E-state index < -0.39 is 12.6 Å². The monoisotopic (exact) mass is 241 g/mol. The van der Waals surface area contributed by atoms with Crippen molar-refractivity contribution in [3.8, 4) is 0 Å². The summed E-state index contributed by atoms with van der Waals surface area (Å²) in [5.74, 6) is 0. The molecule has 0 fully saturated rings. The lowest BCUT2D eigenvalue weighted by Crippen LogP contribution is -2.08. The van der Waals surface area contributed by atoms with Crippen LogP contribution in [0.5, 0.6) is 0 Å². The maximum absolute atomic E-state index is 12.0. The molecular formula is C13H14F3N. The van der Waals surface area contributed by atoms with Gasteiger partial charge in [-0.15, -0.1) is 0 Å². The zero-order chi connectivity index (χ0) is 12.5. The summed E-state index contributed by atoms with van der Waals surface area (Å²) in [6.45, 7) is 2.41. The Morgan fingerprint density at radius 2 is 1.94 bits per heavy atom. The maximum Gasteiger partial charge on any atom is 0.389 e. The highest BCUT2D eigenvalue weighted by Crippen LogP contribution is 2.23. The SMILES string of the molecule is Cc1ccc2c(ccn2CCCC(F)(F)F)c1. The fourth-order valence-corrected chi connectivity index (χ4v) is 1.96. The first-order valence-corrected chi connectivity index (χ1v) is 5.58. The number of fused-ring (bicyclic) bond motifs is 1. The molecule has 0 aliphatic rings. The molecule has 1 aromatic heterocycles. The van der Waals surface area contributed by atoms with Crippen LogP contribution in [0.1, 0.15) is 18.4 Å². The van der Waals surface area contributed by atoms with E-state index in [0.717, 1.165) is 16.5 Å². The smallest absolute Gasteiger partial charge is 0.347 e. The molecule has 1 heterocycles. The average molecular weight is 241 g/mol. The zero-order valence-corrected chi connectivity index (χ0v) is 9.59. The highest BCUT2D eigenvalue weighted by atomic mass is 19.4. The Bertz CT molecular complexity index is 511. The van der Waals surface area contributed by atoms with Gasteiger partial charge >= 0.3 is 6.18 Å². The Morgan fingerprint density at radius 3 is 2.65 bits per heavy atom. The van der Waals surface area contributed by atoms with Crippen LogP contribution >= 0.6 is 0 Å². The molecule has 0 spiro atoms. The molecule has 1 aromatic carbocycles. The van der Waals surface area contributed by atoms with Gasteiger partial charge in [0.15, 0.2) is 0 Å². The Labute approximate surface area is 97.9 Å². The molecule has 4 heteroatoms. The third-order valence-electron chi connectivity index (χ3n) is 2.79. The van der Waals surface area contributed by atoms with E-state index in [-0.39, 0.29) is 6.42 Å². The standard InChI is InChI=1S/C13H14F3N/c1-10-3-4-12-11(9-10)5-8-17(12)7-2-6-13(14,15)16/h3-5,8-9H,2,6-7H2,1H3. The van der Waals surface area contributed by atoms with Gasteiger partial charge in [-0.05, 0) is 36.9 Å². The van der Waals surface area contributed by atoms with E-state index in [9.17, 15) is 13.2 Å². The summed E-state index contributed by atoms with van der Waals surface area (Å²) < 4.78 is 38.0. The topological polar surface area (TPSA) is 4.93 Å². The molecule has 0 aliphatic heterocycles. The molecule has 0 radical (unpaired) electrons. The van der Waals surface area contributed by atoms with Gasteiger partial charge in [-0.2, -0.15) is 13.2 Å². The fourth-order valence-electron chi connectivity index (χ4n) is 1.96. The van der Waals surface area contributed by atoms with E-state index in [1.807, 2.05) is 42.0 Å². The normalized spacial score (nSPS) is 12.2. The first kappa shape index (κ1) is 12.0. The number of rotatable bonds is 3. The third kappa shape index (κ3) is 3.02. The molecule has 0 saturated heterocycles. The second-order valence-electron chi connectivity index (χ2n) is 4.29. The Balaban J connectivity index is 2.09. The van der Waals surface area contributed by atoms with E-state index in [4.69, 9.17) is 0 Å². The van der Waals surface area contributed by atoms with E-state index in [0.29, 0.717) is 6.54 Å². The number of hydrogen-bond donors (Lipinski definition) is 0. The van der Waals surface area contributed by atoms with Gasteiger partial charge in [-0.25, -0.2) is 0 Å². The molecule has 0 saturated carbocycles. The van der Waals surface area contributed by atoms with Gasteiger partial charge in [0.05, 0.1) is 0 Å². The first-order valence-electron chi connectivity index (χ1n) is 5.58. The van der Waals surface area contributed by atoms with Crippen LogP contribution in [0.3, 0.4) is 0 Å². The predicted molar refractivity (Wildman–Crippen MR) is 62.0 cm³/mol. The highest BCUT2D eigenvalue weighted by Gasteiger charge is 2.25. The van der Waals surface area contributed by atoms with Crippen molar-refractivity contribution in [3.63, 3.8) is 0 Å². The molecule has 0 bridgehead atoms. The molecule has 0 unspecified atom stereocenters. The summed E-state index contributed by atoms with van der Waals surface area (Å²) in [6, 6.07) is 7.91. The van der Waals surface area contributed by atoms with Gasteiger partial charge in [-0.3, -0.25) is 0 Å².